The number of hydrogen-bond donors (Lipinski definition) is 0. The Hall–Kier alpha value is -3.58. The topological polar surface area (TPSA) is 71.1 Å². The summed E-state index contributed by atoms with van der Waals surface area (Å²) in [6, 6.07) is 11.8. The van der Waals surface area contributed by atoms with Crippen molar-refractivity contribution < 1.29 is 28.5 Å². The molecule has 0 bridgehead atoms. The van der Waals surface area contributed by atoms with Gasteiger partial charge in [0.15, 0.2) is 5.76 Å². The van der Waals surface area contributed by atoms with E-state index in [9.17, 15) is 9.59 Å². The molecule has 3 aromatic rings. The number of methoxy groups -OCH3 is 2. The molecule has 7 heteroatoms. The molecule has 0 saturated carbocycles. The Balaban J connectivity index is 1.61. The summed E-state index contributed by atoms with van der Waals surface area (Å²) >= 11 is 1.51. The van der Waals surface area contributed by atoms with Gasteiger partial charge in [-0.15, -0.1) is 11.3 Å². The predicted octanol–water partition coefficient (Wildman–Crippen LogP) is 4.91. The minimum atomic E-state index is -0.578. The summed E-state index contributed by atoms with van der Waals surface area (Å²) in [5, 5.41) is 1.93. The lowest BCUT2D eigenvalue weighted by Gasteiger charge is -2.10. The second-order valence-electron chi connectivity index (χ2n) is 6.56. The normalized spacial score (nSPS) is 13.7. The number of Topliss-reactive ketones (excluding diaryl/α,β-unsaturated/α-hetero) is 1. The zero-order valence-electron chi connectivity index (χ0n) is 16.6. The first kappa shape index (κ1) is 19.7. The molecule has 0 saturated heterocycles. The lowest BCUT2D eigenvalue weighted by atomic mass is 10.0. The maximum absolute atomic E-state index is 12.7. The molecule has 1 aliphatic heterocycles. The highest BCUT2D eigenvalue weighted by Gasteiger charge is 2.30. The molecule has 152 valence electrons. The Kier molecular flexibility index (Phi) is 5.29. The van der Waals surface area contributed by atoms with Gasteiger partial charge in [-0.25, -0.2) is 4.79 Å². The van der Waals surface area contributed by atoms with E-state index in [-0.39, 0.29) is 22.9 Å². The Morgan fingerprint density at radius 2 is 1.77 bits per heavy atom. The van der Waals surface area contributed by atoms with E-state index in [1.165, 1.54) is 25.6 Å². The highest BCUT2D eigenvalue weighted by Crippen LogP contribution is 2.38. The lowest BCUT2D eigenvalue weighted by Crippen LogP contribution is -2.09. The van der Waals surface area contributed by atoms with Gasteiger partial charge >= 0.3 is 5.97 Å². The van der Waals surface area contributed by atoms with Crippen LogP contribution in [0, 0.1) is 6.92 Å². The molecular formula is C23H18O6S. The number of thiophene rings is 1. The summed E-state index contributed by atoms with van der Waals surface area (Å²) in [5.41, 5.74) is 1.42. The fourth-order valence-electron chi connectivity index (χ4n) is 3.13. The lowest BCUT2D eigenvalue weighted by molar-refractivity contribution is 0.0733. The molecule has 0 amide bonds. The molecule has 0 N–H and O–H groups in total. The third kappa shape index (κ3) is 3.79. The van der Waals surface area contributed by atoms with Gasteiger partial charge in [-0.05, 0) is 42.1 Å². The number of carbonyl (C=O) groups excluding carboxylic acids is 2. The highest BCUT2D eigenvalue weighted by molar-refractivity contribution is 7.10. The Labute approximate surface area is 177 Å². The number of rotatable bonds is 5. The van der Waals surface area contributed by atoms with Crippen LogP contribution in [-0.4, -0.2) is 26.0 Å². The van der Waals surface area contributed by atoms with E-state index in [2.05, 4.69) is 0 Å². The van der Waals surface area contributed by atoms with Crippen molar-refractivity contribution in [3.05, 3.63) is 75.2 Å². The average molecular weight is 422 g/mol. The molecule has 1 aliphatic rings. The fourth-order valence-corrected chi connectivity index (χ4v) is 3.78. The molecule has 0 aliphatic carbocycles. The van der Waals surface area contributed by atoms with Crippen molar-refractivity contribution in [3.8, 4) is 23.0 Å². The van der Waals surface area contributed by atoms with E-state index in [0.29, 0.717) is 28.4 Å². The van der Waals surface area contributed by atoms with E-state index in [0.717, 1.165) is 4.88 Å². The molecular weight excluding hydrogens is 404 g/mol. The van der Waals surface area contributed by atoms with Crippen molar-refractivity contribution in [2.75, 3.05) is 14.2 Å². The van der Waals surface area contributed by atoms with Crippen LogP contribution in [0.2, 0.25) is 0 Å². The molecule has 0 spiro atoms. The van der Waals surface area contributed by atoms with Crippen LogP contribution in [0.15, 0.2) is 53.6 Å². The van der Waals surface area contributed by atoms with Crippen LogP contribution >= 0.6 is 11.3 Å². The SMILES string of the molecule is COc1cc(OC)cc(C(=O)Oc2cc(C)c3c(c2)O/C(=C\c2cccs2)C3=O)c1. The third-order valence-electron chi connectivity index (χ3n) is 4.56. The van der Waals surface area contributed by atoms with E-state index >= 15 is 0 Å². The number of benzene rings is 2. The van der Waals surface area contributed by atoms with E-state index in [1.807, 2.05) is 17.5 Å². The van der Waals surface area contributed by atoms with Crippen LogP contribution in [0.1, 0.15) is 31.2 Å². The summed E-state index contributed by atoms with van der Waals surface area (Å²) < 4.78 is 21.7. The maximum Gasteiger partial charge on any atom is 0.343 e. The molecule has 1 aromatic heterocycles. The summed E-state index contributed by atoms with van der Waals surface area (Å²) in [5.74, 6) is 1.08. The first-order chi connectivity index (χ1) is 14.5. The van der Waals surface area contributed by atoms with Crippen LogP contribution in [0.3, 0.4) is 0 Å². The number of hydrogen-bond acceptors (Lipinski definition) is 7. The number of fused-ring (bicyclic) bond motifs is 1. The molecule has 6 nitrogen and oxygen atoms in total. The predicted molar refractivity (Wildman–Crippen MR) is 113 cm³/mol. The van der Waals surface area contributed by atoms with Crippen LogP contribution in [0.5, 0.6) is 23.0 Å². The van der Waals surface area contributed by atoms with E-state index < -0.39 is 5.97 Å². The zero-order chi connectivity index (χ0) is 21.3. The molecule has 30 heavy (non-hydrogen) atoms. The van der Waals surface area contributed by atoms with Crippen molar-refractivity contribution >= 4 is 29.2 Å². The minimum Gasteiger partial charge on any atom is -0.497 e. The van der Waals surface area contributed by atoms with Crippen LogP contribution in [0.25, 0.3) is 6.08 Å². The molecule has 4 rings (SSSR count). The van der Waals surface area contributed by atoms with Gasteiger partial charge < -0.3 is 18.9 Å². The van der Waals surface area contributed by atoms with Crippen molar-refractivity contribution in [2.45, 2.75) is 6.92 Å². The van der Waals surface area contributed by atoms with Crippen LogP contribution in [0.4, 0.5) is 0 Å². The van der Waals surface area contributed by atoms with Gasteiger partial charge in [0.2, 0.25) is 5.78 Å². The first-order valence-corrected chi connectivity index (χ1v) is 9.94. The molecule has 0 unspecified atom stereocenters. The fraction of sp³-hybridized carbons (Fsp3) is 0.130. The second kappa shape index (κ2) is 8.04. The molecule has 0 radical (unpaired) electrons. The van der Waals surface area contributed by atoms with Gasteiger partial charge in [-0.1, -0.05) is 6.07 Å². The average Bonchev–Trinajstić information content (AvgIpc) is 3.36. The van der Waals surface area contributed by atoms with Gasteiger partial charge in [0.05, 0.1) is 25.3 Å². The van der Waals surface area contributed by atoms with Crippen molar-refractivity contribution in [1.82, 2.24) is 0 Å². The van der Waals surface area contributed by atoms with Crippen LogP contribution < -0.4 is 18.9 Å². The zero-order valence-corrected chi connectivity index (χ0v) is 17.4. The Morgan fingerprint density at radius 1 is 1.03 bits per heavy atom. The van der Waals surface area contributed by atoms with E-state index in [1.54, 1.807) is 43.3 Å². The number of ketones is 1. The number of allylic oxidation sites excluding steroid dienone is 1. The van der Waals surface area contributed by atoms with Crippen LogP contribution in [-0.2, 0) is 0 Å². The molecule has 2 heterocycles. The molecule has 0 fully saturated rings. The monoisotopic (exact) mass is 422 g/mol. The number of carbonyl (C=O) groups is 2. The molecule has 0 atom stereocenters. The Morgan fingerprint density at radius 3 is 2.40 bits per heavy atom. The number of esters is 1. The van der Waals surface area contributed by atoms with Gasteiger partial charge in [0.25, 0.3) is 0 Å². The standard InChI is InChI=1S/C23H18O6S/c1-13-7-17(28-23(25)14-8-15(26-2)10-16(9-14)27-3)11-19-21(13)22(24)20(29-19)12-18-5-4-6-30-18/h4-12H,1-3H3/b20-12-. The molecule has 2 aromatic carbocycles. The van der Waals surface area contributed by atoms with E-state index in [4.69, 9.17) is 18.9 Å². The van der Waals surface area contributed by atoms with Gasteiger partial charge in [-0.2, -0.15) is 0 Å². The summed E-state index contributed by atoms with van der Waals surface area (Å²) in [4.78, 5) is 26.3. The number of aryl methyl sites for hydroxylation is 1. The highest BCUT2D eigenvalue weighted by atomic mass is 32.1. The van der Waals surface area contributed by atoms with Gasteiger partial charge in [-0.3, -0.25) is 4.79 Å². The van der Waals surface area contributed by atoms with Gasteiger partial charge in [0, 0.05) is 23.1 Å². The van der Waals surface area contributed by atoms with Crippen molar-refractivity contribution in [2.24, 2.45) is 0 Å². The Bertz CT molecular complexity index is 1140. The maximum atomic E-state index is 12.7. The minimum absolute atomic E-state index is 0.189. The largest absolute Gasteiger partial charge is 0.497 e. The summed E-state index contributed by atoms with van der Waals surface area (Å²) in [6.07, 6.45) is 1.71. The van der Waals surface area contributed by atoms with Crippen molar-refractivity contribution in [3.63, 3.8) is 0 Å². The van der Waals surface area contributed by atoms with Crippen molar-refractivity contribution in [1.29, 1.82) is 0 Å². The second-order valence-corrected chi connectivity index (χ2v) is 7.54. The summed E-state index contributed by atoms with van der Waals surface area (Å²) in [6.45, 7) is 1.78. The van der Waals surface area contributed by atoms with Gasteiger partial charge in [0.1, 0.15) is 23.0 Å². The number of ether oxygens (including phenoxy) is 4. The summed E-state index contributed by atoms with van der Waals surface area (Å²) in [7, 11) is 3.01. The smallest absolute Gasteiger partial charge is 0.343 e. The first-order valence-electron chi connectivity index (χ1n) is 9.06. The quantitative estimate of drug-likeness (QED) is 0.331. The third-order valence-corrected chi connectivity index (χ3v) is 5.38.